The van der Waals surface area contributed by atoms with E-state index in [1.165, 1.54) is 21.5 Å². The Morgan fingerprint density at radius 3 is 2.43 bits per heavy atom. The van der Waals surface area contributed by atoms with Crippen LogP contribution in [0.15, 0.2) is 64.7 Å². The highest BCUT2D eigenvalue weighted by Gasteiger charge is 2.18. The van der Waals surface area contributed by atoms with Gasteiger partial charge < -0.3 is 4.90 Å². The third-order valence-electron chi connectivity index (χ3n) is 4.48. The number of carbonyl (C=O) groups is 1. The van der Waals surface area contributed by atoms with E-state index < -0.39 is 0 Å². The molecule has 0 N–H and O–H groups in total. The minimum absolute atomic E-state index is 0.0679. The number of hydrogen-bond donors (Lipinski definition) is 0. The number of halogens is 1. The predicted molar refractivity (Wildman–Crippen MR) is 125 cm³/mol. The fourth-order valence-electron chi connectivity index (χ4n) is 2.86. The van der Waals surface area contributed by atoms with Crippen molar-refractivity contribution >= 4 is 51.9 Å². The van der Waals surface area contributed by atoms with E-state index in [1.54, 1.807) is 29.0 Å². The molecule has 154 valence electrons. The Hall–Kier alpha value is -2.13. The van der Waals surface area contributed by atoms with Crippen LogP contribution in [0.5, 0.6) is 0 Å². The minimum atomic E-state index is 0.0679. The van der Waals surface area contributed by atoms with Crippen molar-refractivity contribution in [1.82, 2.24) is 19.7 Å². The van der Waals surface area contributed by atoms with Crippen molar-refractivity contribution in [2.75, 3.05) is 5.75 Å². The van der Waals surface area contributed by atoms with Crippen LogP contribution in [0.3, 0.4) is 0 Å². The van der Waals surface area contributed by atoms with Crippen molar-refractivity contribution in [2.24, 2.45) is 0 Å². The maximum absolute atomic E-state index is 13.1. The third kappa shape index (κ3) is 5.13. The van der Waals surface area contributed by atoms with E-state index in [0.29, 0.717) is 23.3 Å². The summed E-state index contributed by atoms with van der Waals surface area (Å²) in [6.45, 7) is 3.17. The Kier molecular flexibility index (Phi) is 6.89. The van der Waals surface area contributed by atoms with E-state index in [-0.39, 0.29) is 11.7 Å². The van der Waals surface area contributed by atoms with Crippen LogP contribution in [0.2, 0.25) is 5.02 Å². The zero-order valence-corrected chi connectivity index (χ0v) is 19.4. The molecule has 9 heteroatoms. The summed E-state index contributed by atoms with van der Waals surface area (Å²) < 4.78 is 1.85. The Bertz CT molecular complexity index is 1070. The van der Waals surface area contributed by atoms with E-state index in [1.807, 2.05) is 57.5 Å². The zero-order chi connectivity index (χ0) is 20.9. The molecule has 1 amide bonds. The van der Waals surface area contributed by atoms with Crippen molar-refractivity contribution in [2.45, 2.75) is 25.2 Å². The molecule has 0 aliphatic rings. The van der Waals surface area contributed by atoms with Gasteiger partial charge in [-0.3, -0.25) is 9.36 Å². The summed E-state index contributed by atoms with van der Waals surface area (Å²) in [7, 11) is 0. The number of hydrogen-bond acceptors (Lipinski definition) is 6. The third-order valence-corrected chi connectivity index (χ3v) is 7.54. The van der Waals surface area contributed by atoms with Crippen LogP contribution in [-0.4, -0.2) is 31.3 Å². The molecule has 0 saturated heterocycles. The van der Waals surface area contributed by atoms with Gasteiger partial charge in [-0.15, -0.1) is 32.9 Å². The van der Waals surface area contributed by atoms with Crippen molar-refractivity contribution < 1.29 is 4.79 Å². The molecule has 4 rings (SSSR count). The maximum atomic E-state index is 13.1. The monoisotopic (exact) mass is 474 g/mol. The molecular formula is C21H19ClN4OS3. The summed E-state index contributed by atoms with van der Waals surface area (Å²) in [4.78, 5) is 17.3. The van der Waals surface area contributed by atoms with Crippen molar-refractivity contribution in [3.05, 3.63) is 79.9 Å². The van der Waals surface area contributed by atoms with Crippen LogP contribution >= 0.6 is 46.0 Å². The number of amides is 1. The number of aryl methyl sites for hydroxylation is 1. The number of carbonyl (C=O) groups excluding carboxylic acids is 1. The molecule has 0 bridgehead atoms. The smallest absolute Gasteiger partial charge is 0.233 e. The van der Waals surface area contributed by atoms with Gasteiger partial charge in [0.15, 0.2) is 5.16 Å². The quantitative estimate of drug-likeness (QED) is 0.308. The SMILES string of the molecule is Cc1ccc(-n2cnnc2SCC(=O)N(Cc2cccs2)Cc2cccs2)cc1Cl. The van der Waals surface area contributed by atoms with Crippen LogP contribution < -0.4 is 0 Å². The summed E-state index contributed by atoms with van der Waals surface area (Å²) in [5, 5.41) is 13.6. The first-order valence-electron chi connectivity index (χ1n) is 9.22. The molecule has 3 heterocycles. The summed E-state index contributed by atoms with van der Waals surface area (Å²) in [5.41, 5.74) is 1.88. The molecule has 0 saturated carbocycles. The fraction of sp³-hybridized carbons (Fsp3) is 0.190. The topological polar surface area (TPSA) is 51.0 Å². The highest BCUT2D eigenvalue weighted by atomic mass is 35.5. The first kappa shape index (κ1) is 21.1. The Morgan fingerprint density at radius 1 is 1.13 bits per heavy atom. The normalized spacial score (nSPS) is 11.0. The lowest BCUT2D eigenvalue weighted by atomic mass is 10.2. The number of benzene rings is 1. The predicted octanol–water partition coefficient (Wildman–Crippen LogP) is 5.67. The number of thioether (sulfide) groups is 1. The molecule has 0 radical (unpaired) electrons. The zero-order valence-electron chi connectivity index (χ0n) is 16.2. The van der Waals surface area contributed by atoms with Gasteiger partial charge >= 0.3 is 0 Å². The van der Waals surface area contributed by atoms with Crippen LogP contribution in [0.4, 0.5) is 0 Å². The van der Waals surface area contributed by atoms with E-state index in [4.69, 9.17) is 11.6 Å². The van der Waals surface area contributed by atoms with Gasteiger partial charge in [0, 0.05) is 14.8 Å². The largest absolute Gasteiger partial charge is 0.332 e. The molecule has 0 aliphatic carbocycles. The molecule has 5 nitrogen and oxygen atoms in total. The molecule has 4 aromatic rings. The summed E-state index contributed by atoms with van der Waals surface area (Å²) in [6.07, 6.45) is 1.64. The number of aromatic nitrogens is 3. The fourth-order valence-corrected chi connectivity index (χ4v) is 5.31. The second-order valence-electron chi connectivity index (χ2n) is 6.61. The second-order valence-corrected chi connectivity index (χ2v) is 10.0. The van der Waals surface area contributed by atoms with Gasteiger partial charge in [-0.1, -0.05) is 41.6 Å². The van der Waals surface area contributed by atoms with E-state index in [2.05, 4.69) is 22.3 Å². The minimum Gasteiger partial charge on any atom is -0.332 e. The summed E-state index contributed by atoms with van der Waals surface area (Å²) >= 11 is 11.0. The van der Waals surface area contributed by atoms with E-state index in [9.17, 15) is 4.79 Å². The van der Waals surface area contributed by atoms with Crippen LogP contribution in [-0.2, 0) is 17.9 Å². The van der Waals surface area contributed by atoms with Crippen molar-refractivity contribution in [3.63, 3.8) is 0 Å². The van der Waals surface area contributed by atoms with Gasteiger partial charge in [0.2, 0.25) is 5.91 Å². The lowest BCUT2D eigenvalue weighted by molar-refractivity contribution is -0.129. The Morgan fingerprint density at radius 2 is 1.83 bits per heavy atom. The molecule has 0 fully saturated rings. The van der Waals surface area contributed by atoms with Gasteiger partial charge in [-0.25, -0.2) is 0 Å². The number of nitrogens with zero attached hydrogens (tertiary/aromatic N) is 4. The van der Waals surface area contributed by atoms with Crippen LogP contribution in [0.1, 0.15) is 15.3 Å². The number of thiophene rings is 2. The lowest BCUT2D eigenvalue weighted by Crippen LogP contribution is -2.31. The van der Waals surface area contributed by atoms with Gasteiger partial charge in [-0.05, 0) is 47.5 Å². The Labute approximate surface area is 192 Å². The van der Waals surface area contributed by atoms with E-state index >= 15 is 0 Å². The molecule has 3 aromatic heterocycles. The van der Waals surface area contributed by atoms with Gasteiger partial charge in [0.05, 0.1) is 24.5 Å². The molecule has 0 spiro atoms. The molecule has 0 aliphatic heterocycles. The highest BCUT2D eigenvalue weighted by Crippen LogP contribution is 2.25. The number of rotatable bonds is 8. The van der Waals surface area contributed by atoms with Gasteiger partial charge in [0.1, 0.15) is 6.33 Å². The second kappa shape index (κ2) is 9.78. The highest BCUT2D eigenvalue weighted by molar-refractivity contribution is 7.99. The average Bonchev–Trinajstić information content (AvgIpc) is 3.51. The molecular weight excluding hydrogens is 456 g/mol. The standard InChI is InChI=1S/C21H19ClN4OS3/c1-15-6-7-16(10-19(15)22)26-14-23-24-21(26)30-13-20(27)25(11-17-4-2-8-28-17)12-18-5-3-9-29-18/h2-10,14H,11-13H2,1H3. The molecule has 0 unspecified atom stereocenters. The molecule has 30 heavy (non-hydrogen) atoms. The molecule has 0 atom stereocenters. The van der Waals surface area contributed by atoms with Gasteiger partial charge in [-0.2, -0.15) is 0 Å². The molecule has 1 aromatic carbocycles. The lowest BCUT2D eigenvalue weighted by Gasteiger charge is -2.21. The average molecular weight is 475 g/mol. The first-order valence-corrected chi connectivity index (χ1v) is 12.3. The van der Waals surface area contributed by atoms with Crippen LogP contribution in [0.25, 0.3) is 5.69 Å². The summed E-state index contributed by atoms with van der Waals surface area (Å²) in [6, 6.07) is 14.0. The van der Waals surface area contributed by atoms with Crippen molar-refractivity contribution in [1.29, 1.82) is 0 Å². The first-order chi connectivity index (χ1) is 14.6. The summed E-state index contributed by atoms with van der Waals surface area (Å²) in [5.74, 6) is 0.355. The maximum Gasteiger partial charge on any atom is 0.233 e. The Balaban J connectivity index is 1.47. The van der Waals surface area contributed by atoms with E-state index in [0.717, 1.165) is 11.3 Å². The van der Waals surface area contributed by atoms with Crippen molar-refractivity contribution in [3.8, 4) is 5.69 Å². The van der Waals surface area contributed by atoms with Crippen LogP contribution in [0, 0.1) is 6.92 Å². The van der Waals surface area contributed by atoms with Gasteiger partial charge in [0.25, 0.3) is 0 Å².